The zero-order chi connectivity index (χ0) is 24.1. The van der Waals surface area contributed by atoms with Gasteiger partial charge in [0.25, 0.3) is 0 Å². The summed E-state index contributed by atoms with van der Waals surface area (Å²) in [4.78, 5) is 26.6. The van der Waals surface area contributed by atoms with Gasteiger partial charge in [-0.05, 0) is 35.9 Å². The van der Waals surface area contributed by atoms with Crippen LogP contribution in [0.15, 0.2) is 60.9 Å². The average molecular weight is 523 g/mol. The van der Waals surface area contributed by atoms with Gasteiger partial charge in [-0.1, -0.05) is 29.8 Å². The molecule has 2 atom stereocenters. The van der Waals surface area contributed by atoms with Gasteiger partial charge in [0, 0.05) is 55.3 Å². The van der Waals surface area contributed by atoms with Crippen LogP contribution in [0.2, 0.25) is 5.02 Å². The van der Waals surface area contributed by atoms with E-state index in [0.29, 0.717) is 33.6 Å². The minimum Gasteiger partial charge on any atom is -0.466 e. The van der Waals surface area contributed by atoms with Gasteiger partial charge < -0.3 is 24.2 Å². The molecule has 34 heavy (non-hydrogen) atoms. The lowest BCUT2D eigenvalue weighted by Gasteiger charge is -2.17. The second-order valence-corrected chi connectivity index (χ2v) is 9.92. The summed E-state index contributed by atoms with van der Waals surface area (Å²) in [6.45, 7) is -0.618. The Morgan fingerprint density at radius 2 is 1.94 bits per heavy atom. The van der Waals surface area contributed by atoms with Crippen LogP contribution in [-0.2, 0) is 13.6 Å². The van der Waals surface area contributed by atoms with Gasteiger partial charge in [-0.15, -0.1) is 0 Å². The number of phosphoric ester groups is 1. The van der Waals surface area contributed by atoms with E-state index in [1.807, 2.05) is 30.3 Å². The summed E-state index contributed by atoms with van der Waals surface area (Å²) in [5, 5.41) is 12.4. The van der Waals surface area contributed by atoms with Crippen LogP contribution in [0.25, 0.3) is 21.8 Å². The van der Waals surface area contributed by atoms with Crippen molar-refractivity contribution in [3.8, 4) is 5.75 Å². The van der Waals surface area contributed by atoms with Crippen LogP contribution in [0.3, 0.4) is 0 Å². The Morgan fingerprint density at radius 3 is 2.71 bits per heavy atom. The number of phosphoric acid groups is 1. The molecule has 0 spiro atoms. The Hall–Kier alpha value is -2.19. The summed E-state index contributed by atoms with van der Waals surface area (Å²) in [6, 6.07) is 14.6. The summed E-state index contributed by atoms with van der Waals surface area (Å²) < 4.78 is 26.7. The molecule has 0 fully saturated rings. The number of halogens is 1. The molecule has 0 bridgehead atoms. The zero-order valence-corrected chi connectivity index (χ0v) is 20.3. The zero-order valence-electron chi connectivity index (χ0n) is 17.7. The predicted octanol–water partition coefficient (Wildman–Crippen LogP) is 4.24. The molecule has 4 rings (SSSR count). The molecule has 2 aromatic heterocycles. The first kappa shape index (κ1) is 24.9. The quantitative estimate of drug-likeness (QED) is 0.159. The number of rotatable bonds is 10. The molecular weight excluding hydrogens is 502 g/mol. The van der Waals surface area contributed by atoms with Gasteiger partial charge in [0.2, 0.25) is 0 Å². The number of hydrogen-bond acceptors (Lipinski definition) is 7. The number of fused-ring (bicyclic) bond motifs is 3. The molecule has 2 heterocycles. The molecule has 9 nitrogen and oxygen atoms in total. The van der Waals surface area contributed by atoms with Crippen LogP contribution in [-0.4, -0.2) is 38.3 Å². The molecule has 178 valence electrons. The second-order valence-electron chi connectivity index (χ2n) is 7.22. The maximum absolute atomic E-state index is 10.9. The summed E-state index contributed by atoms with van der Waals surface area (Å²) in [7, 11) is -4.64. The molecule has 0 saturated carbocycles. The van der Waals surface area contributed by atoms with Crippen molar-refractivity contribution >= 4 is 55.3 Å². The Kier molecular flexibility index (Phi) is 8.09. The summed E-state index contributed by atoms with van der Waals surface area (Å²) in [5.41, 5.74) is 2.13. The van der Waals surface area contributed by atoms with E-state index in [2.05, 4.69) is 14.5 Å². The van der Waals surface area contributed by atoms with E-state index in [0.717, 1.165) is 16.3 Å². The van der Waals surface area contributed by atoms with Crippen molar-refractivity contribution in [1.29, 1.82) is 0 Å². The van der Waals surface area contributed by atoms with Crippen molar-refractivity contribution in [2.45, 2.75) is 12.5 Å². The smallest absolute Gasteiger partial charge is 0.466 e. The van der Waals surface area contributed by atoms with E-state index >= 15 is 0 Å². The number of aliphatic hydroxyl groups excluding tert-OH is 1. The van der Waals surface area contributed by atoms with E-state index in [-0.39, 0.29) is 21.5 Å². The van der Waals surface area contributed by atoms with E-state index < -0.39 is 14.6 Å². The molecule has 4 aromatic rings. The molecule has 0 aliphatic heterocycles. The van der Waals surface area contributed by atoms with E-state index in [1.165, 1.54) is 6.20 Å². The Labute approximate surface area is 201 Å². The number of benzene rings is 2. The molecule has 0 amide bonds. The minimum absolute atomic E-state index is 0.00303. The van der Waals surface area contributed by atoms with Crippen LogP contribution in [0, 0.1) is 0 Å². The third-order valence-electron chi connectivity index (χ3n) is 4.89. The standard InChI is InChI=1S/C22H21ClN2O7P2/c23-16-3-1-2-14(10-16)19(7-9-26)32-33-17-11-15-4-5-18-20(30-13-31-34(27,28)29)6-8-24-22(18)21(15)25-12-17/h1-6,8,10-12,19,26,33H,7,9,13H2,(H2,27,28,29)/t19-/m0/s1. The van der Waals surface area contributed by atoms with Crippen molar-refractivity contribution in [2.75, 3.05) is 13.4 Å². The lowest BCUT2D eigenvalue weighted by atomic mass is 10.1. The fourth-order valence-electron chi connectivity index (χ4n) is 3.38. The van der Waals surface area contributed by atoms with Crippen LogP contribution in [0.1, 0.15) is 18.1 Å². The number of hydrogen-bond donors (Lipinski definition) is 3. The first-order chi connectivity index (χ1) is 16.3. The van der Waals surface area contributed by atoms with E-state index in [1.54, 1.807) is 24.4 Å². The highest BCUT2D eigenvalue weighted by Gasteiger charge is 2.16. The highest BCUT2D eigenvalue weighted by atomic mass is 35.5. The molecule has 0 saturated heterocycles. The number of aromatic nitrogens is 2. The normalized spacial score (nSPS) is 13.2. The molecule has 12 heteroatoms. The molecule has 3 N–H and O–H groups in total. The third-order valence-corrected chi connectivity index (χ3v) is 6.48. The average Bonchev–Trinajstić information content (AvgIpc) is 2.80. The molecule has 0 radical (unpaired) electrons. The van der Waals surface area contributed by atoms with Crippen molar-refractivity contribution in [3.05, 3.63) is 71.5 Å². The number of ether oxygens (including phenoxy) is 1. The minimum atomic E-state index is -4.63. The lowest BCUT2D eigenvalue weighted by Crippen LogP contribution is -2.06. The Balaban J connectivity index is 1.54. The highest BCUT2D eigenvalue weighted by molar-refractivity contribution is 7.46. The summed E-state index contributed by atoms with van der Waals surface area (Å²) >= 11 is 6.10. The molecule has 0 aliphatic carbocycles. The van der Waals surface area contributed by atoms with Gasteiger partial charge in [0.15, 0.2) is 6.79 Å². The summed E-state index contributed by atoms with van der Waals surface area (Å²) in [5.74, 6) is 0.366. The van der Waals surface area contributed by atoms with Crippen molar-refractivity contribution < 1.29 is 33.2 Å². The van der Waals surface area contributed by atoms with E-state index in [9.17, 15) is 9.67 Å². The molecule has 2 aromatic carbocycles. The Bertz CT molecular complexity index is 1350. The van der Waals surface area contributed by atoms with Gasteiger partial charge in [-0.3, -0.25) is 9.97 Å². The number of pyridine rings is 2. The molecule has 1 unspecified atom stereocenters. The first-order valence-corrected chi connectivity index (χ1v) is 12.9. The molecular formula is C22H21ClN2O7P2. The van der Waals surface area contributed by atoms with Crippen LogP contribution < -0.4 is 10.0 Å². The van der Waals surface area contributed by atoms with Gasteiger partial charge in [-0.2, -0.15) is 0 Å². The fourth-order valence-corrected chi connectivity index (χ4v) is 4.63. The molecule has 0 aliphatic rings. The SMILES string of the molecule is O=P(O)(O)OCOc1ccnc2c1ccc1cc(PO[C@@H](CCO)c3cccc(Cl)c3)cnc12. The second kappa shape index (κ2) is 11.0. The monoisotopic (exact) mass is 522 g/mol. The van der Waals surface area contributed by atoms with Crippen LogP contribution in [0.4, 0.5) is 0 Å². The lowest BCUT2D eigenvalue weighted by molar-refractivity contribution is 0.0840. The maximum Gasteiger partial charge on any atom is 0.472 e. The summed E-state index contributed by atoms with van der Waals surface area (Å²) in [6.07, 6.45) is 3.38. The van der Waals surface area contributed by atoms with Crippen molar-refractivity contribution in [3.63, 3.8) is 0 Å². The predicted molar refractivity (Wildman–Crippen MR) is 131 cm³/mol. The fraction of sp³-hybridized carbons (Fsp3) is 0.182. The Morgan fingerprint density at radius 1 is 1.09 bits per heavy atom. The van der Waals surface area contributed by atoms with E-state index in [4.69, 9.17) is 30.6 Å². The maximum atomic E-state index is 10.9. The number of aliphatic hydroxyl groups is 1. The highest BCUT2D eigenvalue weighted by Crippen LogP contribution is 2.36. The first-order valence-electron chi connectivity index (χ1n) is 10.1. The third kappa shape index (κ3) is 6.27. The van der Waals surface area contributed by atoms with Crippen LogP contribution in [0.5, 0.6) is 5.75 Å². The number of nitrogens with zero attached hydrogens (tertiary/aromatic N) is 2. The van der Waals surface area contributed by atoms with Gasteiger partial charge >= 0.3 is 7.82 Å². The van der Waals surface area contributed by atoms with Crippen LogP contribution >= 0.6 is 28.2 Å². The van der Waals surface area contributed by atoms with Gasteiger partial charge in [0.1, 0.15) is 11.3 Å². The van der Waals surface area contributed by atoms with Gasteiger partial charge in [0.05, 0.1) is 11.6 Å². The topological polar surface area (TPSA) is 131 Å². The largest absolute Gasteiger partial charge is 0.472 e. The van der Waals surface area contributed by atoms with Crippen molar-refractivity contribution in [2.24, 2.45) is 0 Å². The van der Waals surface area contributed by atoms with Gasteiger partial charge in [-0.25, -0.2) is 9.09 Å². The van der Waals surface area contributed by atoms with Crippen molar-refractivity contribution in [1.82, 2.24) is 9.97 Å².